The highest BCUT2D eigenvalue weighted by Crippen LogP contribution is 2.28. The van der Waals surface area contributed by atoms with E-state index in [9.17, 15) is 9.59 Å². The average Bonchev–Trinajstić information content (AvgIpc) is 2.85. The van der Waals surface area contributed by atoms with Crippen molar-refractivity contribution < 1.29 is 14.3 Å². The first-order chi connectivity index (χ1) is 17.3. The fourth-order valence-electron chi connectivity index (χ4n) is 3.00. The summed E-state index contributed by atoms with van der Waals surface area (Å²) in [5, 5.41) is 20.1. The van der Waals surface area contributed by atoms with Crippen LogP contribution in [0.5, 0.6) is 5.75 Å². The van der Waals surface area contributed by atoms with Crippen molar-refractivity contribution >= 4 is 46.5 Å². The second kappa shape index (κ2) is 12.8. The van der Waals surface area contributed by atoms with Crippen molar-refractivity contribution in [2.45, 2.75) is 6.42 Å². The first-order valence-corrected chi connectivity index (χ1v) is 11.4. The number of hydrogen-bond acceptors (Lipinski definition) is 6. The summed E-state index contributed by atoms with van der Waals surface area (Å²) in [6.07, 6.45) is 1.90. The topological polar surface area (TPSA) is 131 Å². The second-order valence-electron chi connectivity index (χ2n) is 7.79. The predicted octanol–water partition coefficient (Wildman–Crippen LogP) is 4.91. The van der Waals surface area contributed by atoms with Gasteiger partial charge >= 0.3 is 12.1 Å². The number of benzene rings is 2. The largest absolute Gasteiger partial charge is 0.491 e. The van der Waals surface area contributed by atoms with Crippen LogP contribution in [0.25, 0.3) is 0 Å². The van der Waals surface area contributed by atoms with Crippen LogP contribution in [0.15, 0.2) is 60.8 Å². The zero-order valence-electron chi connectivity index (χ0n) is 19.8. The first-order valence-electron chi connectivity index (χ1n) is 11.0. The number of pyridine rings is 1. The SMILES string of the molecule is CN(C)c1ccc(NC(=O)NCCCOc2ccc(Cl)cc2NC(=O)Nc2ccc(C#N)cn2)cc1. The van der Waals surface area contributed by atoms with Crippen molar-refractivity contribution in [1.82, 2.24) is 10.3 Å². The number of hydrogen-bond donors (Lipinski definition) is 4. The molecule has 36 heavy (non-hydrogen) atoms. The van der Waals surface area contributed by atoms with E-state index in [0.717, 1.165) is 5.69 Å². The first kappa shape index (κ1) is 26.1. The van der Waals surface area contributed by atoms with Crippen molar-refractivity contribution in [1.29, 1.82) is 5.26 Å². The van der Waals surface area contributed by atoms with Gasteiger partial charge < -0.3 is 25.6 Å². The Labute approximate surface area is 214 Å². The maximum Gasteiger partial charge on any atom is 0.324 e. The smallest absolute Gasteiger partial charge is 0.324 e. The summed E-state index contributed by atoms with van der Waals surface area (Å²) in [6.45, 7) is 0.690. The van der Waals surface area contributed by atoms with E-state index >= 15 is 0 Å². The Morgan fingerprint density at radius 3 is 2.47 bits per heavy atom. The molecule has 186 valence electrons. The lowest BCUT2D eigenvalue weighted by Gasteiger charge is -2.14. The normalized spacial score (nSPS) is 10.1. The van der Waals surface area contributed by atoms with Crippen LogP contribution in [0.2, 0.25) is 5.02 Å². The number of carbonyl (C=O) groups is 2. The van der Waals surface area contributed by atoms with Gasteiger partial charge in [0, 0.05) is 43.2 Å². The fourth-order valence-corrected chi connectivity index (χ4v) is 3.18. The van der Waals surface area contributed by atoms with Gasteiger partial charge in [-0.3, -0.25) is 5.32 Å². The maximum absolute atomic E-state index is 12.4. The third kappa shape index (κ3) is 8.07. The molecule has 11 heteroatoms. The maximum atomic E-state index is 12.4. The van der Waals surface area contributed by atoms with Gasteiger partial charge in [0.2, 0.25) is 0 Å². The molecule has 0 aliphatic heterocycles. The Morgan fingerprint density at radius 1 is 1.03 bits per heavy atom. The van der Waals surface area contributed by atoms with Crippen molar-refractivity contribution in [3.8, 4) is 11.8 Å². The van der Waals surface area contributed by atoms with E-state index < -0.39 is 6.03 Å². The minimum Gasteiger partial charge on any atom is -0.491 e. The van der Waals surface area contributed by atoms with Gasteiger partial charge in [-0.05, 0) is 61.0 Å². The highest BCUT2D eigenvalue weighted by molar-refractivity contribution is 6.31. The van der Waals surface area contributed by atoms with Gasteiger partial charge in [-0.25, -0.2) is 14.6 Å². The van der Waals surface area contributed by atoms with Crippen LogP contribution in [0.1, 0.15) is 12.0 Å². The average molecular weight is 508 g/mol. The molecule has 0 saturated carbocycles. The van der Waals surface area contributed by atoms with Crippen molar-refractivity contribution in [3.05, 3.63) is 71.4 Å². The molecule has 3 aromatic rings. The number of halogens is 1. The predicted molar refractivity (Wildman–Crippen MR) is 141 cm³/mol. The lowest BCUT2D eigenvalue weighted by atomic mass is 10.2. The molecule has 0 unspecified atom stereocenters. The van der Waals surface area contributed by atoms with Crippen LogP contribution in [0.4, 0.5) is 32.5 Å². The molecule has 4 amide bonds. The summed E-state index contributed by atoms with van der Waals surface area (Å²) in [5.74, 6) is 0.710. The van der Waals surface area contributed by atoms with Crippen molar-refractivity contribution in [3.63, 3.8) is 0 Å². The molecule has 2 aromatic carbocycles. The van der Waals surface area contributed by atoms with E-state index in [-0.39, 0.29) is 11.8 Å². The van der Waals surface area contributed by atoms with Gasteiger partial charge in [-0.2, -0.15) is 5.26 Å². The van der Waals surface area contributed by atoms with Gasteiger partial charge in [0.15, 0.2) is 0 Å². The number of carbonyl (C=O) groups excluding carboxylic acids is 2. The molecule has 0 aliphatic rings. The molecule has 0 spiro atoms. The van der Waals surface area contributed by atoms with E-state index in [1.165, 1.54) is 12.3 Å². The van der Waals surface area contributed by atoms with Gasteiger partial charge in [-0.1, -0.05) is 11.6 Å². The lowest BCUT2D eigenvalue weighted by molar-refractivity contribution is 0.250. The third-order valence-electron chi connectivity index (χ3n) is 4.83. The molecule has 0 aliphatic carbocycles. The van der Waals surface area contributed by atoms with Crippen LogP contribution < -0.4 is 30.9 Å². The molecule has 3 rings (SSSR count). The van der Waals surface area contributed by atoms with Crippen molar-refractivity contribution in [2.24, 2.45) is 0 Å². The van der Waals surface area contributed by atoms with E-state index in [1.807, 2.05) is 49.3 Å². The monoisotopic (exact) mass is 507 g/mol. The minimum atomic E-state index is -0.545. The van der Waals surface area contributed by atoms with Crippen LogP contribution in [-0.4, -0.2) is 44.3 Å². The van der Waals surface area contributed by atoms with Crippen molar-refractivity contribution in [2.75, 3.05) is 48.1 Å². The number of anilines is 4. The Morgan fingerprint density at radius 2 is 1.81 bits per heavy atom. The Kier molecular flexibility index (Phi) is 9.31. The van der Waals surface area contributed by atoms with Gasteiger partial charge in [0.1, 0.15) is 17.6 Å². The highest BCUT2D eigenvalue weighted by Gasteiger charge is 2.10. The van der Waals surface area contributed by atoms with E-state index in [2.05, 4.69) is 26.3 Å². The summed E-state index contributed by atoms with van der Waals surface area (Å²) in [5.41, 5.74) is 2.50. The van der Waals surface area contributed by atoms with E-state index in [0.29, 0.717) is 47.3 Å². The molecule has 0 atom stereocenters. The molecule has 0 radical (unpaired) electrons. The number of nitrogens with zero attached hydrogens (tertiary/aromatic N) is 3. The van der Waals surface area contributed by atoms with Crippen LogP contribution >= 0.6 is 11.6 Å². The molecule has 0 saturated heterocycles. The zero-order chi connectivity index (χ0) is 25.9. The Balaban J connectivity index is 1.44. The highest BCUT2D eigenvalue weighted by atomic mass is 35.5. The summed E-state index contributed by atoms with van der Waals surface area (Å²) in [6, 6.07) is 16.5. The van der Waals surface area contributed by atoms with Gasteiger partial charge in [0.05, 0.1) is 17.9 Å². The molecule has 1 aromatic heterocycles. The second-order valence-corrected chi connectivity index (χ2v) is 8.22. The quantitative estimate of drug-likeness (QED) is 0.304. The zero-order valence-corrected chi connectivity index (χ0v) is 20.6. The number of ether oxygens (including phenoxy) is 1. The summed E-state index contributed by atoms with van der Waals surface area (Å²) in [7, 11) is 3.90. The summed E-state index contributed by atoms with van der Waals surface area (Å²) >= 11 is 6.08. The Bertz CT molecular complexity index is 1230. The van der Waals surface area contributed by atoms with Crippen LogP contribution in [-0.2, 0) is 0 Å². The number of nitriles is 1. The Hall–Kier alpha value is -4.49. The summed E-state index contributed by atoms with van der Waals surface area (Å²) < 4.78 is 5.78. The summed E-state index contributed by atoms with van der Waals surface area (Å²) in [4.78, 5) is 30.4. The number of nitrogens with one attached hydrogen (secondary N) is 4. The number of urea groups is 2. The van der Waals surface area contributed by atoms with E-state index in [1.54, 1.807) is 24.3 Å². The molecule has 0 bridgehead atoms. The third-order valence-corrected chi connectivity index (χ3v) is 5.06. The number of rotatable bonds is 9. The number of aromatic nitrogens is 1. The standard InChI is InChI=1S/C25H26ClN7O3/c1-33(2)20-8-6-19(7-9-20)30-24(34)28-12-3-13-36-22-10-5-18(26)14-21(22)31-25(35)32-23-11-4-17(15-27)16-29-23/h4-11,14,16H,3,12-13H2,1-2H3,(H2,28,30,34)(H2,29,31,32,35). The van der Waals surface area contributed by atoms with E-state index in [4.69, 9.17) is 21.6 Å². The molecule has 10 nitrogen and oxygen atoms in total. The van der Waals surface area contributed by atoms with Crippen LogP contribution in [0.3, 0.4) is 0 Å². The van der Waals surface area contributed by atoms with Gasteiger partial charge in [0.25, 0.3) is 0 Å². The van der Waals surface area contributed by atoms with Crippen LogP contribution in [0, 0.1) is 11.3 Å². The minimum absolute atomic E-state index is 0.286. The molecular formula is C25H26ClN7O3. The molecule has 1 heterocycles. The van der Waals surface area contributed by atoms with Gasteiger partial charge in [-0.15, -0.1) is 0 Å². The lowest BCUT2D eigenvalue weighted by Crippen LogP contribution is -2.30. The molecular weight excluding hydrogens is 482 g/mol. The molecule has 0 fully saturated rings. The molecule has 4 N–H and O–H groups in total. The fraction of sp³-hybridized carbons (Fsp3) is 0.200. The number of amides is 4.